The summed E-state index contributed by atoms with van der Waals surface area (Å²) < 4.78 is 0. The molecule has 2 aromatic heterocycles. The average Bonchev–Trinajstić information content (AvgIpc) is 2.75. The molecule has 0 saturated carbocycles. The maximum Gasteiger partial charge on any atom is 0.173 e. The van der Waals surface area contributed by atoms with Crippen molar-refractivity contribution in [1.29, 1.82) is 0 Å². The van der Waals surface area contributed by atoms with Gasteiger partial charge in [-0.3, -0.25) is 9.78 Å². The number of hydrogen-bond donors (Lipinski definition) is 1. The average molecular weight is 215 g/mol. The lowest BCUT2D eigenvalue weighted by Gasteiger charge is -2.07. The van der Waals surface area contributed by atoms with Crippen molar-refractivity contribution in [1.82, 2.24) is 15.0 Å². The summed E-state index contributed by atoms with van der Waals surface area (Å²) in [6.07, 6.45) is 4.96. The Morgan fingerprint density at radius 1 is 1.38 bits per heavy atom. The van der Waals surface area contributed by atoms with Gasteiger partial charge < -0.3 is 4.98 Å². The van der Waals surface area contributed by atoms with Crippen molar-refractivity contribution >= 4 is 5.78 Å². The predicted molar refractivity (Wildman–Crippen MR) is 60.3 cm³/mol. The van der Waals surface area contributed by atoms with Gasteiger partial charge >= 0.3 is 0 Å². The van der Waals surface area contributed by atoms with Crippen molar-refractivity contribution < 1.29 is 4.79 Å². The van der Waals surface area contributed by atoms with Crippen molar-refractivity contribution in [2.24, 2.45) is 0 Å². The highest BCUT2D eigenvalue weighted by Crippen LogP contribution is 2.17. The van der Waals surface area contributed by atoms with Crippen LogP contribution in [0.3, 0.4) is 0 Å². The first-order valence-corrected chi connectivity index (χ1v) is 5.14. The number of pyridine rings is 1. The molecule has 0 aliphatic rings. The Bertz CT molecular complexity index is 490. The summed E-state index contributed by atoms with van der Waals surface area (Å²) in [6, 6.07) is 3.43. The number of ketones is 1. The molecule has 4 nitrogen and oxygen atoms in total. The van der Waals surface area contributed by atoms with Gasteiger partial charge in [0.05, 0.1) is 5.92 Å². The van der Waals surface area contributed by atoms with Crippen LogP contribution in [0.5, 0.6) is 0 Å². The zero-order chi connectivity index (χ0) is 11.5. The first-order valence-electron chi connectivity index (χ1n) is 5.14. The molecule has 16 heavy (non-hydrogen) atoms. The van der Waals surface area contributed by atoms with Gasteiger partial charge in [0.1, 0.15) is 5.82 Å². The summed E-state index contributed by atoms with van der Waals surface area (Å²) in [5.74, 6) is 0.507. The van der Waals surface area contributed by atoms with Crippen LogP contribution in [0.1, 0.15) is 34.7 Å². The standard InChI is InChI=1S/C12H13N3O/c1-8-7-14-12(15-8)9(2)11(16)10-3-5-13-6-4-10/h3-7,9H,1-2H3,(H,14,15). The molecular weight excluding hydrogens is 202 g/mol. The third-order valence-electron chi connectivity index (χ3n) is 2.49. The zero-order valence-corrected chi connectivity index (χ0v) is 9.27. The molecule has 0 aliphatic heterocycles. The molecule has 4 heteroatoms. The first kappa shape index (κ1) is 10.5. The van der Waals surface area contributed by atoms with E-state index in [-0.39, 0.29) is 11.7 Å². The van der Waals surface area contributed by atoms with Crippen LogP contribution in [0.4, 0.5) is 0 Å². The number of nitrogens with one attached hydrogen (secondary N) is 1. The summed E-state index contributed by atoms with van der Waals surface area (Å²) >= 11 is 0. The van der Waals surface area contributed by atoms with E-state index in [1.807, 2.05) is 13.8 Å². The number of aromatic nitrogens is 3. The van der Waals surface area contributed by atoms with Gasteiger partial charge in [-0.2, -0.15) is 0 Å². The molecule has 0 amide bonds. The first-order chi connectivity index (χ1) is 7.68. The van der Waals surface area contributed by atoms with Gasteiger partial charge in [-0.1, -0.05) is 0 Å². The van der Waals surface area contributed by atoms with Crippen LogP contribution in [0, 0.1) is 6.92 Å². The second kappa shape index (κ2) is 4.26. The van der Waals surface area contributed by atoms with E-state index in [9.17, 15) is 4.79 Å². The minimum atomic E-state index is -0.254. The molecule has 2 rings (SSSR count). The van der Waals surface area contributed by atoms with Gasteiger partial charge in [0, 0.05) is 29.8 Å². The molecule has 1 unspecified atom stereocenters. The number of H-pyrrole nitrogens is 1. The minimum Gasteiger partial charge on any atom is -0.346 e. The Morgan fingerprint density at radius 2 is 2.06 bits per heavy atom. The molecule has 0 radical (unpaired) electrons. The van der Waals surface area contributed by atoms with E-state index in [1.54, 1.807) is 30.7 Å². The molecule has 0 aliphatic carbocycles. The summed E-state index contributed by atoms with van der Waals surface area (Å²) in [4.78, 5) is 23.2. The van der Waals surface area contributed by atoms with Gasteiger partial charge in [0.25, 0.3) is 0 Å². The fraction of sp³-hybridized carbons (Fsp3) is 0.250. The Morgan fingerprint density at radius 3 is 2.62 bits per heavy atom. The molecule has 82 valence electrons. The number of nitrogens with zero attached hydrogens (tertiary/aromatic N) is 2. The lowest BCUT2D eigenvalue weighted by molar-refractivity contribution is 0.0963. The van der Waals surface area contributed by atoms with E-state index in [0.29, 0.717) is 11.4 Å². The molecule has 0 spiro atoms. The number of carbonyl (C=O) groups excluding carboxylic acids is 1. The highest BCUT2D eigenvalue weighted by atomic mass is 16.1. The van der Waals surface area contributed by atoms with Crippen molar-refractivity contribution in [2.45, 2.75) is 19.8 Å². The molecule has 2 aromatic rings. The largest absolute Gasteiger partial charge is 0.346 e. The Hall–Kier alpha value is -1.97. The van der Waals surface area contributed by atoms with Gasteiger partial charge in [0.15, 0.2) is 5.78 Å². The number of Topliss-reactive ketones (excluding diaryl/α,β-unsaturated/α-hetero) is 1. The van der Waals surface area contributed by atoms with Crippen LogP contribution in [0.25, 0.3) is 0 Å². The molecular formula is C12H13N3O. The minimum absolute atomic E-state index is 0.0525. The number of carbonyl (C=O) groups is 1. The van der Waals surface area contributed by atoms with E-state index in [0.717, 1.165) is 5.69 Å². The van der Waals surface area contributed by atoms with Crippen LogP contribution in [-0.2, 0) is 0 Å². The van der Waals surface area contributed by atoms with E-state index in [4.69, 9.17) is 0 Å². The van der Waals surface area contributed by atoms with Crippen molar-refractivity contribution in [3.8, 4) is 0 Å². The van der Waals surface area contributed by atoms with Crippen molar-refractivity contribution in [3.05, 3.63) is 47.8 Å². The number of imidazole rings is 1. The van der Waals surface area contributed by atoms with Crippen LogP contribution in [0.2, 0.25) is 0 Å². The van der Waals surface area contributed by atoms with E-state index < -0.39 is 0 Å². The molecule has 0 aromatic carbocycles. The highest BCUT2D eigenvalue weighted by Gasteiger charge is 2.19. The fourth-order valence-corrected chi connectivity index (χ4v) is 1.54. The lowest BCUT2D eigenvalue weighted by atomic mass is 10.00. The van der Waals surface area contributed by atoms with Gasteiger partial charge in [-0.25, -0.2) is 4.98 Å². The topological polar surface area (TPSA) is 58.6 Å². The number of aryl methyl sites for hydroxylation is 1. The Labute approximate surface area is 93.8 Å². The van der Waals surface area contributed by atoms with Crippen LogP contribution >= 0.6 is 0 Å². The molecule has 0 bridgehead atoms. The molecule has 1 atom stereocenters. The molecule has 0 saturated heterocycles. The SMILES string of the molecule is Cc1cnc(C(C)C(=O)c2ccncc2)[nH]1. The fourth-order valence-electron chi connectivity index (χ4n) is 1.54. The third kappa shape index (κ3) is 2.00. The maximum absolute atomic E-state index is 12.1. The van der Waals surface area contributed by atoms with Crippen molar-refractivity contribution in [2.75, 3.05) is 0 Å². The number of rotatable bonds is 3. The van der Waals surface area contributed by atoms with Crippen LogP contribution in [0.15, 0.2) is 30.7 Å². The quantitative estimate of drug-likeness (QED) is 0.797. The molecule has 0 fully saturated rings. The molecule has 1 N–H and O–H groups in total. The Balaban J connectivity index is 2.23. The zero-order valence-electron chi connectivity index (χ0n) is 9.27. The van der Waals surface area contributed by atoms with E-state index in [1.165, 1.54) is 0 Å². The Kier molecular flexibility index (Phi) is 2.81. The smallest absolute Gasteiger partial charge is 0.173 e. The molecule has 2 heterocycles. The number of aromatic amines is 1. The van der Waals surface area contributed by atoms with Crippen LogP contribution < -0.4 is 0 Å². The van der Waals surface area contributed by atoms with Gasteiger partial charge in [-0.05, 0) is 26.0 Å². The summed E-state index contributed by atoms with van der Waals surface area (Å²) in [7, 11) is 0. The van der Waals surface area contributed by atoms with E-state index in [2.05, 4.69) is 15.0 Å². The third-order valence-corrected chi connectivity index (χ3v) is 2.49. The summed E-state index contributed by atoms with van der Waals surface area (Å²) in [6.45, 7) is 3.77. The second-order valence-corrected chi connectivity index (χ2v) is 3.77. The summed E-state index contributed by atoms with van der Waals surface area (Å²) in [5.41, 5.74) is 1.63. The van der Waals surface area contributed by atoms with Crippen molar-refractivity contribution in [3.63, 3.8) is 0 Å². The number of hydrogen-bond acceptors (Lipinski definition) is 3. The monoisotopic (exact) mass is 215 g/mol. The van der Waals surface area contributed by atoms with Crippen LogP contribution in [-0.4, -0.2) is 20.7 Å². The summed E-state index contributed by atoms with van der Waals surface area (Å²) in [5, 5.41) is 0. The van der Waals surface area contributed by atoms with Gasteiger partial charge in [0.2, 0.25) is 0 Å². The van der Waals surface area contributed by atoms with E-state index >= 15 is 0 Å². The lowest BCUT2D eigenvalue weighted by Crippen LogP contribution is -2.11. The van der Waals surface area contributed by atoms with Gasteiger partial charge in [-0.15, -0.1) is 0 Å². The second-order valence-electron chi connectivity index (χ2n) is 3.77. The maximum atomic E-state index is 12.1. The predicted octanol–water partition coefficient (Wildman–Crippen LogP) is 2.10. The highest BCUT2D eigenvalue weighted by molar-refractivity contribution is 6.00. The normalized spacial score (nSPS) is 12.4.